The highest BCUT2D eigenvalue weighted by Crippen LogP contribution is 1.67. The molecule has 6 N–H and O–H groups in total. The number of carbonyl (C=O) groups excluding carboxylic acids is 3. The molecule has 0 saturated carbocycles. The van der Waals surface area contributed by atoms with E-state index in [-0.39, 0.29) is 0 Å². The lowest BCUT2D eigenvalue weighted by Crippen LogP contribution is -2.18. The summed E-state index contributed by atoms with van der Waals surface area (Å²) in [5.41, 5.74) is 13.0. The second-order valence-corrected chi connectivity index (χ2v) is 1.88. The summed E-state index contributed by atoms with van der Waals surface area (Å²) in [6.45, 7) is 5.21. The zero-order chi connectivity index (χ0) is 13.6. The summed E-state index contributed by atoms with van der Waals surface area (Å²) in [5, 5.41) is 0. The number of rotatable bonds is 2. The normalized spacial score (nSPS) is 6.88. The molecular formula is C8H17N3O5. The van der Waals surface area contributed by atoms with Crippen LogP contribution in [0.25, 0.3) is 0 Å². The maximum absolute atomic E-state index is 9.84. The second kappa shape index (κ2) is 15.2. The molecule has 0 aliphatic heterocycles. The Hall–Kier alpha value is -2.25. The number of methoxy groups -OCH3 is 1. The molecule has 8 nitrogen and oxygen atoms in total. The van der Waals surface area contributed by atoms with Gasteiger partial charge in [-0.1, -0.05) is 6.58 Å². The summed E-state index contributed by atoms with van der Waals surface area (Å²) >= 11 is 0. The van der Waals surface area contributed by atoms with Crippen LogP contribution in [-0.4, -0.2) is 31.8 Å². The van der Waals surface area contributed by atoms with Crippen LogP contribution in [0.2, 0.25) is 0 Å². The molecule has 0 rings (SSSR count). The number of ether oxygens (including phenoxy) is 2. The van der Waals surface area contributed by atoms with E-state index >= 15 is 0 Å². The third kappa shape index (κ3) is 60.2. The van der Waals surface area contributed by atoms with Crippen molar-refractivity contribution in [1.82, 2.24) is 0 Å². The molecule has 0 aliphatic rings. The minimum Gasteiger partial charge on any atom is -0.466 e. The molecule has 0 unspecified atom stereocenters. The van der Waals surface area contributed by atoms with E-state index in [1.54, 1.807) is 6.92 Å². The fourth-order valence-corrected chi connectivity index (χ4v) is 0.226. The summed E-state index contributed by atoms with van der Waals surface area (Å²) < 4.78 is 8.32. The molecule has 0 bridgehead atoms. The molecule has 0 aromatic rings. The zero-order valence-corrected chi connectivity index (χ0v) is 9.26. The quantitative estimate of drug-likeness (QED) is 0.434. The molecule has 94 valence electrons. The van der Waals surface area contributed by atoms with Crippen molar-refractivity contribution in [2.75, 3.05) is 13.7 Å². The fraction of sp³-hybridized carbons (Fsp3) is 0.375. The van der Waals surface area contributed by atoms with Gasteiger partial charge in [0.15, 0.2) is 0 Å². The summed E-state index contributed by atoms with van der Waals surface area (Å²) in [4.78, 5) is 28.4. The van der Waals surface area contributed by atoms with Crippen LogP contribution in [0.5, 0.6) is 0 Å². The SMILES string of the molecule is C=CC(=O)OC.CCOC(N)=O.NC(N)=O. The Kier molecular flexibility index (Phi) is 18.4. The van der Waals surface area contributed by atoms with Gasteiger partial charge in [-0.25, -0.2) is 14.4 Å². The first kappa shape index (κ1) is 19.3. The van der Waals surface area contributed by atoms with Gasteiger partial charge in [0, 0.05) is 6.08 Å². The number of hydrogen-bond acceptors (Lipinski definition) is 5. The van der Waals surface area contributed by atoms with Crippen LogP contribution in [-0.2, 0) is 14.3 Å². The van der Waals surface area contributed by atoms with Crippen molar-refractivity contribution in [3.63, 3.8) is 0 Å². The third-order valence-electron chi connectivity index (χ3n) is 0.654. The van der Waals surface area contributed by atoms with Crippen molar-refractivity contribution < 1.29 is 23.9 Å². The van der Waals surface area contributed by atoms with E-state index in [1.165, 1.54) is 7.11 Å². The van der Waals surface area contributed by atoms with E-state index in [2.05, 4.69) is 33.3 Å². The largest absolute Gasteiger partial charge is 0.466 e. The molecule has 0 saturated heterocycles. The maximum Gasteiger partial charge on any atom is 0.404 e. The molecule has 0 heterocycles. The van der Waals surface area contributed by atoms with Crippen LogP contribution in [0.1, 0.15) is 6.92 Å². The predicted octanol–water partition coefficient (Wildman–Crippen LogP) is -0.529. The van der Waals surface area contributed by atoms with Gasteiger partial charge < -0.3 is 26.7 Å². The standard InChI is InChI=1S/C4H6O2.C3H7NO2.CH4N2O/c1-3-4(5)6-2;1-2-6-3(4)5;2-1(3)4/h3H,1H2,2H3;2H2,1H3,(H2,4,5);(H4,2,3,4). The predicted molar refractivity (Wildman–Crippen MR) is 57.2 cm³/mol. The highest BCUT2D eigenvalue weighted by atomic mass is 16.5. The van der Waals surface area contributed by atoms with Gasteiger partial charge in [-0.05, 0) is 6.92 Å². The molecular weight excluding hydrogens is 218 g/mol. The summed E-state index contributed by atoms with van der Waals surface area (Å²) in [5.74, 6) is -0.394. The second-order valence-electron chi connectivity index (χ2n) is 1.88. The number of amides is 3. The van der Waals surface area contributed by atoms with Gasteiger partial charge in [-0.15, -0.1) is 0 Å². The van der Waals surface area contributed by atoms with Gasteiger partial charge in [-0.2, -0.15) is 0 Å². The smallest absolute Gasteiger partial charge is 0.404 e. The van der Waals surface area contributed by atoms with Gasteiger partial charge >= 0.3 is 18.1 Å². The maximum atomic E-state index is 9.84. The first-order valence-electron chi connectivity index (χ1n) is 3.99. The highest BCUT2D eigenvalue weighted by Gasteiger charge is 1.82. The van der Waals surface area contributed by atoms with E-state index in [9.17, 15) is 9.59 Å². The van der Waals surface area contributed by atoms with E-state index in [0.29, 0.717) is 6.61 Å². The number of esters is 1. The van der Waals surface area contributed by atoms with Crippen LogP contribution in [0, 0.1) is 0 Å². The summed E-state index contributed by atoms with van der Waals surface area (Å²) in [6, 6.07) is -0.833. The van der Waals surface area contributed by atoms with Crippen molar-refractivity contribution in [2.45, 2.75) is 6.92 Å². The minimum absolute atomic E-state index is 0.356. The highest BCUT2D eigenvalue weighted by molar-refractivity contribution is 5.80. The lowest BCUT2D eigenvalue weighted by atomic mass is 10.7. The molecule has 0 spiro atoms. The molecule has 0 fully saturated rings. The number of urea groups is 1. The van der Waals surface area contributed by atoms with Crippen LogP contribution in [0.3, 0.4) is 0 Å². The third-order valence-corrected chi connectivity index (χ3v) is 0.654. The van der Waals surface area contributed by atoms with Crippen LogP contribution in [0.4, 0.5) is 9.59 Å². The van der Waals surface area contributed by atoms with Crippen molar-refractivity contribution in [2.24, 2.45) is 17.2 Å². The van der Waals surface area contributed by atoms with E-state index in [1.807, 2.05) is 0 Å². The number of hydrogen-bond donors (Lipinski definition) is 3. The Morgan fingerprint density at radius 3 is 1.62 bits per heavy atom. The Morgan fingerprint density at radius 2 is 1.62 bits per heavy atom. The Balaban J connectivity index is -0.000000162. The molecule has 16 heavy (non-hydrogen) atoms. The average molecular weight is 235 g/mol. The molecule has 0 aromatic carbocycles. The number of carbonyl (C=O) groups is 3. The molecule has 0 radical (unpaired) electrons. The first-order valence-corrected chi connectivity index (χ1v) is 3.99. The first-order chi connectivity index (χ1) is 7.31. The molecule has 0 atom stereocenters. The van der Waals surface area contributed by atoms with Gasteiger partial charge in [-0.3, -0.25) is 0 Å². The van der Waals surface area contributed by atoms with Crippen molar-refractivity contribution >= 4 is 18.1 Å². The van der Waals surface area contributed by atoms with Gasteiger partial charge in [0.1, 0.15) is 0 Å². The lowest BCUT2D eigenvalue weighted by molar-refractivity contribution is -0.134. The van der Waals surface area contributed by atoms with E-state index in [0.717, 1.165) is 6.08 Å². The number of primary amides is 3. The van der Waals surface area contributed by atoms with Crippen LogP contribution >= 0.6 is 0 Å². The summed E-state index contributed by atoms with van der Waals surface area (Å²) in [7, 11) is 1.31. The van der Waals surface area contributed by atoms with E-state index < -0.39 is 18.1 Å². The molecule has 0 aliphatic carbocycles. The summed E-state index contributed by atoms with van der Waals surface area (Å²) in [6.07, 6.45) is 0.400. The van der Waals surface area contributed by atoms with Crippen molar-refractivity contribution in [1.29, 1.82) is 0 Å². The topological polar surface area (TPSA) is 148 Å². The Morgan fingerprint density at radius 1 is 1.25 bits per heavy atom. The molecule has 0 aromatic heterocycles. The van der Waals surface area contributed by atoms with Crippen molar-refractivity contribution in [3.05, 3.63) is 12.7 Å². The minimum atomic E-state index is -0.833. The zero-order valence-electron chi connectivity index (χ0n) is 9.26. The van der Waals surface area contributed by atoms with Gasteiger partial charge in [0.05, 0.1) is 13.7 Å². The molecule has 8 heteroatoms. The van der Waals surface area contributed by atoms with Gasteiger partial charge in [0.2, 0.25) is 0 Å². The van der Waals surface area contributed by atoms with Gasteiger partial charge in [0.25, 0.3) is 0 Å². The molecule has 3 amide bonds. The Labute approximate surface area is 93.3 Å². The fourth-order valence-electron chi connectivity index (χ4n) is 0.226. The average Bonchev–Trinajstić information content (AvgIpc) is 2.16. The Bertz CT molecular complexity index is 226. The number of nitrogens with two attached hydrogens (primary N) is 3. The van der Waals surface area contributed by atoms with E-state index in [4.69, 9.17) is 4.79 Å². The van der Waals surface area contributed by atoms with Crippen LogP contribution < -0.4 is 17.2 Å². The van der Waals surface area contributed by atoms with Crippen LogP contribution in [0.15, 0.2) is 12.7 Å². The lowest BCUT2D eigenvalue weighted by Gasteiger charge is -1.89. The van der Waals surface area contributed by atoms with Crippen molar-refractivity contribution in [3.8, 4) is 0 Å². The monoisotopic (exact) mass is 235 g/mol.